The molecule has 1 aliphatic carbocycles. The van der Waals surface area contributed by atoms with Gasteiger partial charge in [0.15, 0.2) is 0 Å². The van der Waals surface area contributed by atoms with Crippen LogP contribution in [-0.4, -0.2) is 77.6 Å². The quantitative estimate of drug-likeness (QED) is 0.399. The van der Waals surface area contributed by atoms with Gasteiger partial charge in [0.1, 0.15) is 18.1 Å². The Labute approximate surface area is 248 Å². The summed E-state index contributed by atoms with van der Waals surface area (Å²) in [4.78, 5) is 41.4. The number of hydrogen-bond donors (Lipinski definition) is 1. The Hall–Kier alpha value is -3.59. The van der Waals surface area contributed by atoms with Crippen molar-refractivity contribution >= 4 is 17.9 Å². The molecule has 0 radical (unpaired) electrons. The number of urea groups is 1. The van der Waals surface area contributed by atoms with E-state index in [-0.39, 0.29) is 37.0 Å². The van der Waals surface area contributed by atoms with Crippen LogP contribution in [-0.2, 0) is 22.6 Å². The van der Waals surface area contributed by atoms with Crippen LogP contribution in [0.5, 0.6) is 11.5 Å². The van der Waals surface area contributed by atoms with Gasteiger partial charge in [-0.15, -0.1) is 0 Å². The lowest BCUT2D eigenvalue weighted by molar-refractivity contribution is -0.143. The molecule has 9 heteroatoms. The molecule has 1 atom stereocenters. The molecule has 2 heterocycles. The summed E-state index contributed by atoms with van der Waals surface area (Å²) in [6.07, 6.45) is 4.63. The van der Waals surface area contributed by atoms with E-state index >= 15 is 0 Å². The molecule has 0 aromatic heterocycles. The maximum absolute atomic E-state index is 12.3. The zero-order chi connectivity index (χ0) is 29.8. The monoisotopic (exact) mass is 577 g/mol. The second-order valence-electron chi connectivity index (χ2n) is 12.1. The fourth-order valence-electron chi connectivity index (χ4n) is 6.44. The number of ether oxygens (including phenoxy) is 2. The summed E-state index contributed by atoms with van der Waals surface area (Å²) in [7, 11) is 1.70. The van der Waals surface area contributed by atoms with Crippen molar-refractivity contribution in [2.75, 3.05) is 39.9 Å². The SMILES string of the molecule is Cc1cc(CN(CC2CCC(C(=O)O)CC2)C(C)c2ccc3c(c2)CCO3)ccc1OCCN1C(=O)CCN(C)C1=O. The molecule has 1 saturated carbocycles. The summed E-state index contributed by atoms with van der Waals surface area (Å²) < 4.78 is 11.7. The van der Waals surface area contributed by atoms with Crippen molar-refractivity contribution in [1.29, 1.82) is 0 Å². The minimum Gasteiger partial charge on any atom is -0.493 e. The maximum Gasteiger partial charge on any atom is 0.326 e. The molecule has 2 aliphatic heterocycles. The number of carbonyl (C=O) groups is 3. The highest BCUT2D eigenvalue weighted by atomic mass is 16.5. The van der Waals surface area contributed by atoms with Crippen LogP contribution in [0.4, 0.5) is 4.79 Å². The number of amides is 3. The van der Waals surface area contributed by atoms with E-state index in [4.69, 9.17) is 9.47 Å². The first-order valence-corrected chi connectivity index (χ1v) is 15.2. The first-order chi connectivity index (χ1) is 20.2. The Bertz CT molecular complexity index is 1300. The number of carboxylic acids is 1. The third-order valence-corrected chi connectivity index (χ3v) is 9.15. The minimum atomic E-state index is -0.668. The lowest BCUT2D eigenvalue weighted by Gasteiger charge is -2.35. The van der Waals surface area contributed by atoms with Crippen LogP contribution in [0, 0.1) is 18.8 Å². The van der Waals surface area contributed by atoms with Gasteiger partial charge in [-0.3, -0.25) is 19.4 Å². The molecule has 5 rings (SSSR count). The van der Waals surface area contributed by atoms with E-state index in [1.807, 2.05) is 13.0 Å². The van der Waals surface area contributed by atoms with Gasteiger partial charge in [-0.05, 0) is 79.8 Å². The normalized spacial score (nSPS) is 21.3. The standard InChI is InChI=1S/C33H43N3O6/c1-22-18-25(6-10-29(22)42-17-15-36-31(37)12-14-34(3)33(36)40)21-35(20-24-4-7-26(8-5-24)32(38)39)23(2)27-9-11-30-28(19-27)13-16-41-30/h6,9-11,18-19,23-24,26H,4-5,7-8,12-17,20-21H2,1-3H3,(H,38,39). The van der Waals surface area contributed by atoms with Gasteiger partial charge in [-0.1, -0.05) is 24.3 Å². The smallest absolute Gasteiger partial charge is 0.326 e. The predicted molar refractivity (Wildman–Crippen MR) is 159 cm³/mol. The Balaban J connectivity index is 1.25. The highest BCUT2D eigenvalue weighted by molar-refractivity contribution is 5.96. The lowest BCUT2D eigenvalue weighted by atomic mass is 9.81. The second kappa shape index (κ2) is 13.2. The third kappa shape index (κ3) is 6.89. The third-order valence-electron chi connectivity index (χ3n) is 9.15. The van der Waals surface area contributed by atoms with Gasteiger partial charge < -0.3 is 19.5 Å². The molecular formula is C33H43N3O6. The number of imide groups is 1. The average molecular weight is 578 g/mol. The van der Waals surface area contributed by atoms with Crippen molar-refractivity contribution in [2.24, 2.45) is 11.8 Å². The largest absolute Gasteiger partial charge is 0.493 e. The van der Waals surface area contributed by atoms with Crippen LogP contribution in [0.3, 0.4) is 0 Å². The average Bonchev–Trinajstić information content (AvgIpc) is 3.45. The van der Waals surface area contributed by atoms with Crippen LogP contribution in [0.1, 0.15) is 67.3 Å². The van der Waals surface area contributed by atoms with Crippen molar-refractivity contribution < 1.29 is 29.0 Å². The van der Waals surface area contributed by atoms with Gasteiger partial charge in [0.2, 0.25) is 5.91 Å². The van der Waals surface area contributed by atoms with Crippen LogP contribution in [0.25, 0.3) is 0 Å². The summed E-state index contributed by atoms with van der Waals surface area (Å²) in [6, 6.07) is 12.7. The van der Waals surface area contributed by atoms with E-state index in [2.05, 4.69) is 42.2 Å². The molecule has 3 amide bonds. The van der Waals surface area contributed by atoms with Gasteiger partial charge in [0.05, 0.1) is 19.1 Å². The molecule has 0 spiro atoms. The van der Waals surface area contributed by atoms with Crippen molar-refractivity contribution in [2.45, 2.75) is 65.0 Å². The van der Waals surface area contributed by atoms with Gasteiger partial charge in [0, 0.05) is 45.6 Å². The van der Waals surface area contributed by atoms with Crippen molar-refractivity contribution in [3.63, 3.8) is 0 Å². The Morgan fingerprint density at radius 2 is 1.90 bits per heavy atom. The van der Waals surface area contributed by atoms with Gasteiger partial charge >= 0.3 is 12.0 Å². The second-order valence-corrected chi connectivity index (χ2v) is 12.1. The maximum atomic E-state index is 12.3. The molecule has 2 fully saturated rings. The first-order valence-electron chi connectivity index (χ1n) is 15.2. The molecule has 2 aromatic rings. The lowest BCUT2D eigenvalue weighted by Crippen LogP contribution is -2.51. The first kappa shape index (κ1) is 29.9. The Kier molecular flexibility index (Phi) is 9.36. The summed E-state index contributed by atoms with van der Waals surface area (Å²) in [5.74, 6) is 1.15. The highest BCUT2D eigenvalue weighted by Crippen LogP contribution is 2.35. The van der Waals surface area contributed by atoms with Crippen LogP contribution >= 0.6 is 0 Å². The number of aliphatic carboxylic acids is 1. The summed E-state index contributed by atoms with van der Waals surface area (Å²) in [5, 5.41) is 9.45. The number of benzene rings is 2. The molecule has 1 saturated heterocycles. The van der Waals surface area contributed by atoms with E-state index in [9.17, 15) is 19.5 Å². The van der Waals surface area contributed by atoms with E-state index in [0.717, 1.165) is 68.9 Å². The van der Waals surface area contributed by atoms with Crippen molar-refractivity contribution in [1.82, 2.24) is 14.7 Å². The van der Waals surface area contributed by atoms with Crippen molar-refractivity contribution in [3.05, 3.63) is 58.7 Å². The van der Waals surface area contributed by atoms with Crippen LogP contribution in [0.15, 0.2) is 36.4 Å². The molecule has 226 valence electrons. The summed E-state index contributed by atoms with van der Waals surface area (Å²) in [5.41, 5.74) is 4.71. The van der Waals surface area contributed by atoms with E-state index in [0.29, 0.717) is 18.9 Å². The van der Waals surface area contributed by atoms with Gasteiger partial charge in [0.25, 0.3) is 0 Å². The number of carboxylic acid groups (broad SMARTS) is 1. The summed E-state index contributed by atoms with van der Waals surface area (Å²) >= 11 is 0. The molecular weight excluding hydrogens is 534 g/mol. The molecule has 1 unspecified atom stereocenters. The van der Waals surface area contributed by atoms with Crippen molar-refractivity contribution in [3.8, 4) is 11.5 Å². The number of nitrogens with zero attached hydrogens (tertiary/aromatic N) is 3. The fraction of sp³-hybridized carbons (Fsp3) is 0.545. The fourth-order valence-corrected chi connectivity index (χ4v) is 6.44. The number of carbonyl (C=O) groups excluding carboxylic acids is 2. The molecule has 0 bridgehead atoms. The zero-order valence-electron chi connectivity index (χ0n) is 25.0. The topological polar surface area (TPSA) is 99.6 Å². The zero-order valence-corrected chi connectivity index (χ0v) is 25.0. The molecule has 42 heavy (non-hydrogen) atoms. The Morgan fingerprint density at radius 3 is 2.64 bits per heavy atom. The van der Waals surface area contributed by atoms with E-state index in [1.54, 1.807) is 11.9 Å². The Morgan fingerprint density at radius 1 is 1.12 bits per heavy atom. The predicted octanol–water partition coefficient (Wildman–Crippen LogP) is 5.05. The molecule has 2 aromatic carbocycles. The molecule has 9 nitrogen and oxygen atoms in total. The minimum absolute atomic E-state index is 0.157. The van der Waals surface area contributed by atoms with Crippen LogP contribution in [0.2, 0.25) is 0 Å². The summed E-state index contributed by atoms with van der Waals surface area (Å²) in [6.45, 7) is 7.61. The highest BCUT2D eigenvalue weighted by Gasteiger charge is 2.30. The van der Waals surface area contributed by atoms with E-state index in [1.165, 1.54) is 21.6 Å². The number of hydrogen-bond acceptors (Lipinski definition) is 6. The number of rotatable bonds is 11. The van der Waals surface area contributed by atoms with Gasteiger partial charge in [-0.25, -0.2) is 4.79 Å². The van der Waals surface area contributed by atoms with Gasteiger partial charge in [-0.2, -0.15) is 0 Å². The van der Waals surface area contributed by atoms with Crippen LogP contribution < -0.4 is 9.47 Å². The molecule has 1 N–H and O–H groups in total. The number of aryl methyl sites for hydroxylation is 1. The van der Waals surface area contributed by atoms with E-state index < -0.39 is 5.97 Å². The molecule has 3 aliphatic rings. The number of fused-ring (bicyclic) bond motifs is 1.